The Labute approximate surface area is 146 Å². The third-order valence-electron chi connectivity index (χ3n) is 4.67. The average molecular weight is 343 g/mol. The highest BCUT2D eigenvalue weighted by atomic mass is 16.2. The standard InChI is InChI=1S/C17H21N5O3/c1-10-5-7-12(8-6-10)19-15(23)11(2)22-9-18-14-13(22)16(24)21(4)17(25)20(14)3/h5-9,11,13-14H,1-4H3,(H,19,23). The van der Waals surface area contributed by atoms with E-state index in [1.165, 1.54) is 18.3 Å². The number of carbonyl (C=O) groups excluding carboxylic acids is 3. The normalized spacial score (nSPS) is 23.8. The molecule has 0 aromatic heterocycles. The Kier molecular flexibility index (Phi) is 4.20. The monoisotopic (exact) mass is 343 g/mol. The number of hydrogen-bond donors (Lipinski definition) is 1. The molecule has 2 heterocycles. The van der Waals surface area contributed by atoms with E-state index >= 15 is 0 Å². The van der Waals surface area contributed by atoms with Crippen LogP contribution in [0.1, 0.15) is 12.5 Å². The highest BCUT2D eigenvalue weighted by molar-refractivity contribution is 6.03. The Morgan fingerprint density at radius 3 is 2.48 bits per heavy atom. The van der Waals surface area contributed by atoms with Crippen molar-refractivity contribution < 1.29 is 14.4 Å². The molecule has 25 heavy (non-hydrogen) atoms. The zero-order chi connectivity index (χ0) is 18.3. The lowest BCUT2D eigenvalue weighted by molar-refractivity contribution is -0.137. The topological polar surface area (TPSA) is 85.3 Å². The molecule has 2 aliphatic heterocycles. The number of aryl methyl sites for hydroxylation is 1. The van der Waals surface area contributed by atoms with E-state index in [-0.39, 0.29) is 11.8 Å². The maximum Gasteiger partial charge on any atom is 0.328 e. The van der Waals surface area contributed by atoms with E-state index in [4.69, 9.17) is 0 Å². The number of imide groups is 1. The lowest BCUT2D eigenvalue weighted by atomic mass is 10.1. The van der Waals surface area contributed by atoms with Gasteiger partial charge in [-0.1, -0.05) is 17.7 Å². The first-order valence-electron chi connectivity index (χ1n) is 8.04. The number of amides is 4. The fourth-order valence-corrected chi connectivity index (χ4v) is 3.02. The van der Waals surface area contributed by atoms with E-state index in [9.17, 15) is 14.4 Å². The van der Waals surface area contributed by atoms with Crippen molar-refractivity contribution in [3.63, 3.8) is 0 Å². The van der Waals surface area contributed by atoms with Crippen LogP contribution < -0.4 is 5.32 Å². The van der Waals surface area contributed by atoms with Crippen LogP contribution in [0.3, 0.4) is 0 Å². The highest BCUT2D eigenvalue weighted by Gasteiger charge is 2.50. The Balaban J connectivity index is 1.76. The van der Waals surface area contributed by atoms with E-state index in [2.05, 4.69) is 10.3 Å². The largest absolute Gasteiger partial charge is 0.335 e. The summed E-state index contributed by atoms with van der Waals surface area (Å²) in [4.78, 5) is 45.4. The SMILES string of the molecule is Cc1ccc(NC(=O)C(C)N2C=NC3C2C(=O)N(C)C(=O)N3C)cc1. The summed E-state index contributed by atoms with van der Waals surface area (Å²) >= 11 is 0. The van der Waals surface area contributed by atoms with Crippen molar-refractivity contribution in [3.8, 4) is 0 Å². The lowest BCUT2D eigenvalue weighted by Crippen LogP contribution is -2.65. The van der Waals surface area contributed by atoms with Gasteiger partial charge < -0.3 is 15.1 Å². The van der Waals surface area contributed by atoms with Crippen LogP contribution in [-0.2, 0) is 9.59 Å². The second-order valence-corrected chi connectivity index (χ2v) is 6.39. The smallest absolute Gasteiger partial charge is 0.328 e. The predicted octanol–water partition coefficient (Wildman–Crippen LogP) is 0.884. The summed E-state index contributed by atoms with van der Waals surface area (Å²) in [5, 5.41) is 2.84. The molecule has 0 aliphatic carbocycles. The summed E-state index contributed by atoms with van der Waals surface area (Å²) in [5.41, 5.74) is 1.79. The van der Waals surface area contributed by atoms with Crippen molar-refractivity contribution in [1.29, 1.82) is 0 Å². The molecule has 3 rings (SSSR count). The van der Waals surface area contributed by atoms with Gasteiger partial charge in [-0.15, -0.1) is 0 Å². The van der Waals surface area contributed by atoms with E-state index in [0.29, 0.717) is 5.69 Å². The van der Waals surface area contributed by atoms with Crippen LogP contribution in [0.4, 0.5) is 10.5 Å². The minimum atomic E-state index is -0.688. The Morgan fingerprint density at radius 2 is 1.84 bits per heavy atom. The molecule has 1 N–H and O–H groups in total. The van der Waals surface area contributed by atoms with Gasteiger partial charge in [-0.25, -0.2) is 9.79 Å². The molecular formula is C17H21N5O3. The Bertz CT molecular complexity index is 745. The fraction of sp³-hybridized carbons (Fsp3) is 0.412. The lowest BCUT2D eigenvalue weighted by Gasteiger charge is -2.40. The number of nitrogens with one attached hydrogen (secondary N) is 1. The summed E-state index contributed by atoms with van der Waals surface area (Å²) < 4.78 is 0. The van der Waals surface area contributed by atoms with Crippen LogP contribution in [0.15, 0.2) is 29.3 Å². The van der Waals surface area contributed by atoms with Crippen molar-refractivity contribution in [2.24, 2.45) is 4.99 Å². The van der Waals surface area contributed by atoms with Gasteiger partial charge in [-0.2, -0.15) is 0 Å². The molecule has 3 unspecified atom stereocenters. The maximum atomic E-state index is 12.6. The number of benzene rings is 1. The van der Waals surface area contributed by atoms with Crippen LogP contribution in [0.25, 0.3) is 0 Å². The number of anilines is 1. The molecule has 0 spiro atoms. The molecule has 1 saturated heterocycles. The Morgan fingerprint density at radius 1 is 1.20 bits per heavy atom. The van der Waals surface area contributed by atoms with Gasteiger partial charge >= 0.3 is 6.03 Å². The molecule has 2 aliphatic rings. The van der Waals surface area contributed by atoms with Gasteiger partial charge in [0.05, 0.1) is 6.34 Å². The molecule has 0 bridgehead atoms. The van der Waals surface area contributed by atoms with Crippen LogP contribution in [0, 0.1) is 6.92 Å². The number of carbonyl (C=O) groups is 3. The van der Waals surface area contributed by atoms with Gasteiger partial charge in [-0.05, 0) is 26.0 Å². The summed E-state index contributed by atoms with van der Waals surface area (Å²) in [6.45, 7) is 3.68. The summed E-state index contributed by atoms with van der Waals surface area (Å²) in [6.07, 6.45) is 0.876. The molecule has 0 saturated carbocycles. The van der Waals surface area contributed by atoms with Crippen molar-refractivity contribution in [3.05, 3.63) is 29.8 Å². The Hall–Kier alpha value is -2.90. The zero-order valence-electron chi connectivity index (χ0n) is 14.6. The number of aliphatic imine (C=N–C) groups is 1. The van der Waals surface area contributed by atoms with E-state index in [1.54, 1.807) is 18.9 Å². The number of urea groups is 1. The molecule has 1 fully saturated rings. The molecule has 3 atom stereocenters. The third kappa shape index (κ3) is 2.84. The van der Waals surface area contributed by atoms with Crippen LogP contribution in [0.5, 0.6) is 0 Å². The minimum Gasteiger partial charge on any atom is -0.335 e. The zero-order valence-corrected chi connectivity index (χ0v) is 14.6. The molecule has 1 aromatic rings. The first-order valence-corrected chi connectivity index (χ1v) is 8.04. The van der Waals surface area contributed by atoms with Gasteiger partial charge in [0.1, 0.15) is 6.04 Å². The van der Waals surface area contributed by atoms with Gasteiger partial charge in [0.2, 0.25) is 5.91 Å². The molecule has 1 aromatic carbocycles. The average Bonchev–Trinajstić information content (AvgIpc) is 3.04. The molecular weight excluding hydrogens is 322 g/mol. The van der Waals surface area contributed by atoms with Crippen LogP contribution in [0.2, 0.25) is 0 Å². The van der Waals surface area contributed by atoms with E-state index < -0.39 is 24.3 Å². The predicted molar refractivity (Wildman–Crippen MR) is 93.1 cm³/mol. The number of nitrogens with zero attached hydrogens (tertiary/aromatic N) is 4. The van der Waals surface area contributed by atoms with Crippen molar-refractivity contribution in [1.82, 2.24) is 14.7 Å². The number of hydrogen-bond acceptors (Lipinski definition) is 5. The first-order chi connectivity index (χ1) is 11.8. The van der Waals surface area contributed by atoms with E-state index in [1.807, 2.05) is 31.2 Å². The third-order valence-corrected chi connectivity index (χ3v) is 4.67. The van der Waals surface area contributed by atoms with Crippen LogP contribution in [-0.4, -0.2) is 71.2 Å². The van der Waals surface area contributed by atoms with Crippen molar-refractivity contribution in [2.75, 3.05) is 19.4 Å². The number of fused-ring (bicyclic) bond motifs is 1. The fourth-order valence-electron chi connectivity index (χ4n) is 3.02. The highest BCUT2D eigenvalue weighted by Crippen LogP contribution is 2.26. The van der Waals surface area contributed by atoms with Crippen LogP contribution >= 0.6 is 0 Å². The van der Waals surface area contributed by atoms with Gasteiger partial charge in [0.15, 0.2) is 12.2 Å². The molecule has 8 heteroatoms. The number of rotatable bonds is 3. The second-order valence-electron chi connectivity index (χ2n) is 6.39. The molecule has 8 nitrogen and oxygen atoms in total. The van der Waals surface area contributed by atoms with Crippen molar-refractivity contribution >= 4 is 29.9 Å². The maximum absolute atomic E-state index is 12.6. The van der Waals surface area contributed by atoms with Gasteiger partial charge in [0, 0.05) is 19.8 Å². The van der Waals surface area contributed by atoms with Crippen molar-refractivity contribution in [2.45, 2.75) is 32.1 Å². The molecule has 132 valence electrons. The molecule has 0 radical (unpaired) electrons. The van der Waals surface area contributed by atoms with Gasteiger partial charge in [-0.3, -0.25) is 14.5 Å². The quantitative estimate of drug-likeness (QED) is 0.883. The summed E-state index contributed by atoms with van der Waals surface area (Å²) in [6, 6.07) is 5.77. The molecule has 4 amide bonds. The minimum absolute atomic E-state index is 0.244. The summed E-state index contributed by atoms with van der Waals surface area (Å²) in [5.74, 6) is -0.605. The first kappa shape index (κ1) is 16.9. The second kappa shape index (κ2) is 6.19. The summed E-state index contributed by atoms with van der Waals surface area (Å²) in [7, 11) is 3.03. The van der Waals surface area contributed by atoms with Gasteiger partial charge in [0.25, 0.3) is 5.91 Å². The number of likely N-dealkylation sites (N-methyl/N-ethyl adjacent to an activating group) is 2. The van der Waals surface area contributed by atoms with E-state index in [0.717, 1.165) is 10.5 Å².